The molecule has 1 N–H and O–H groups in total. The second-order valence-corrected chi connectivity index (χ2v) is 5.68. The van der Waals surface area contributed by atoms with Crippen LogP contribution in [-0.2, 0) is 6.42 Å². The summed E-state index contributed by atoms with van der Waals surface area (Å²) in [6, 6.07) is 9.03. The van der Waals surface area contributed by atoms with Gasteiger partial charge in [-0.05, 0) is 49.1 Å². The van der Waals surface area contributed by atoms with Gasteiger partial charge in [-0.3, -0.25) is 10.00 Å². The van der Waals surface area contributed by atoms with Crippen molar-refractivity contribution in [1.29, 1.82) is 0 Å². The first-order valence-electron chi connectivity index (χ1n) is 7.72. The fraction of sp³-hybridized carbons (Fsp3) is 0.471. The number of methoxy groups -OCH3 is 1. The zero-order valence-corrected chi connectivity index (χ0v) is 12.6. The monoisotopic (exact) mass is 285 g/mol. The van der Waals surface area contributed by atoms with Crippen LogP contribution in [0.1, 0.15) is 36.4 Å². The summed E-state index contributed by atoms with van der Waals surface area (Å²) >= 11 is 0. The number of nitrogens with one attached hydrogen (secondary N) is 1. The lowest BCUT2D eigenvalue weighted by Crippen LogP contribution is -2.35. The average molecular weight is 285 g/mol. The number of H-pyrrole nitrogens is 1. The Bertz CT molecular complexity index is 553. The molecule has 1 atom stereocenters. The molecule has 1 unspecified atom stereocenters. The third-order valence-electron chi connectivity index (χ3n) is 4.33. The van der Waals surface area contributed by atoms with E-state index in [0.717, 1.165) is 18.7 Å². The van der Waals surface area contributed by atoms with Crippen molar-refractivity contribution in [3.8, 4) is 5.75 Å². The van der Waals surface area contributed by atoms with Gasteiger partial charge in [-0.2, -0.15) is 5.10 Å². The van der Waals surface area contributed by atoms with Crippen LogP contribution in [0, 0.1) is 0 Å². The maximum atomic E-state index is 5.37. The van der Waals surface area contributed by atoms with Crippen molar-refractivity contribution in [3.05, 3.63) is 47.8 Å². The summed E-state index contributed by atoms with van der Waals surface area (Å²) in [5, 5.41) is 6.92. The minimum atomic E-state index is 0.515. The molecule has 1 aliphatic rings. The van der Waals surface area contributed by atoms with Gasteiger partial charge in [-0.15, -0.1) is 0 Å². The predicted octanol–water partition coefficient (Wildman–Crippen LogP) is 3.19. The van der Waals surface area contributed by atoms with Crippen LogP contribution in [0.5, 0.6) is 5.75 Å². The number of aromatic amines is 1. The Hall–Kier alpha value is -1.81. The van der Waals surface area contributed by atoms with E-state index >= 15 is 0 Å². The van der Waals surface area contributed by atoms with Crippen LogP contribution >= 0.6 is 0 Å². The molecule has 2 heterocycles. The number of aromatic nitrogens is 2. The van der Waals surface area contributed by atoms with E-state index < -0.39 is 0 Å². The molecule has 3 rings (SSSR count). The number of ether oxygens (including phenoxy) is 1. The number of nitrogens with zero attached hydrogens (tertiary/aromatic N) is 2. The van der Waals surface area contributed by atoms with Crippen molar-refractivity contribution in [2.45, 2.75) is 31.7 Å². The molecule has 0 amide bonds. The maximum Gasteiger partial charge on any atom is 0.119 e. The first kappa shape index (κ1) is 14.1. The van der Waals surface area contributed by atoms with Gasteiger partial charge in [0.05, 0.1) is 13.3 Å². The first-order valence-corrected chi connectivity index (χ1v) is 7.72. The molecule has 4 heteroatoms. The Morgan fingerprint density at radius 2 is 2.33 bits per heavy atom. The Balaban J connectivity index is 1.71. The van der Waals surface area contributed by atoms with E-state index in [9.17, 15) is 0 Å². The molecule has 0 radical (unpaired) electrons. The highest BCUT2D eigenvalue weighted by molar-refractivity contribution is 5.30. The van der Waals surface area contributed by atoms with Gasteiger partial charge in [0.25, 0.3) is 0 Å². The lowest BCUT2D eigenvalue weighted by Gasteiger charge is -2.36. The van der Waals surface area contributed by atoms with Crippen molar-refractivity contribution in [2.75, 3.05) is 20.2 Å². The summed E-state index contributed by atoms with van der Waals surface area (Å²) in [6.07, 6.45) is 8.81. The van der Waals surface area contributed by atoms with Crippen LogP contribution in [0.3, 0.4) is 0 Å². The SMILES string of the molecule is COc1cccc(C2CCCCN2CCc2cn[nH]c2)c1. The molecule has 112 valence electrons. The molecule has 4 nitrogen and oxygen atoms in total. The van der Waals surface area contributed by atoms with Gasteiger partial charge in [0.1, 0.15) is 5.75 Å². The topological polar surface area (TPSA) is 41.1 Å². The summed E-state index contributed by atoms with van der Waals surface area (Å²) in [6.45, 7) is 2.27. The minimum Gasteiger partial charge on any atom is -0.497 e. The second kappa shape index (κ2) is 6.76. The molecular weight excluding hydrogens is 262 g/mol. The largest absolute Gasteiger partial charge is 0.497 e. The second-order valence-electron chi connectivity index (χ2n) is 5.68. The van der Waals surface area contributed by atoms with Crippen LogP contribution in [-0.4, -0.2) is 35.3 Å². The maximum absolute atomic E-state index is 5.37. The molecule has 21 heavy (non-hydrogen) atoms. The van der Waals surface area contributed by atoms with Crippen molar-refractivity contribution in [2.24, 2.45) is 0 Å². The molecule has 1 aromatic carbocycles. The molecule has 0 aliphatic carbocycles. The van der Waals surface area contributed by atoms with Crippen LogP contribution in [0.15, 0.2) is 36.7 Å². The fourth-order valence-corrected chi connectivity index (χ4v) is 3.17. The van der Waals surface area contributed by atoms with Crippen molar-refractivity contribution >= 4 is 0 Å². The van der Waals surface area contributed by atoms with Gasteiger partial charge < -0.3 is 4.74 Å². The summed E-state index contributed by atoms with van der Waals surface area (Å²) in [5.41, 5.74) is 2.66. The Morgan fingerprint density at radius 1 is 1.38 bits per heavy atom. The predicted molar refractivity (Wildman–Crippen MR) is 83.5 cm³/mol. The highest BCUT2D eigenvalue weighted by Crippen LogP contribution is 2.32. The third-order valence-corrected chi connectivity index (χ3v) is 4.33. The van der Waals surface area contributed by atoms with Crippen molar-refractivity contribution in [1.82, 2.24) is 15.1 Å². The number of hydrogen-bond donors (Lipinski definition) is 1. The molecule has 0 saturated carbocycles. The van der Waals surface area contributed by atoms with Crippen LogP contribution in [0.25, 0.3) is 0 Å². The molecule has 0 spiro atoms. The van der Waals surface area contributed by atoms with E-state index in [-0.39, 0.29) is 0 Å². The van der Waals surface area contributed by atoms with Crippen LogP contribution < -0.4 is 4.74 Å². The van der Waals surface area contributed by atoms with E-state index in [1.54, 1.807) is 7.11 Å². The van der Waals surface area contributed by atoms with E-state index in [1.807, 2.05) is 18.5 Å². The minimum absolute atomic E-state index is 0.515. The zero-order valence-electron chi connectivity index (χ0n) is 12.6. The smallest absolute Gasteiger partial charge is 0.119 e. The van der Waals surface area contributed by atoms with Gasteiger partial charge in [0.2, 0.25) is 0 Å². The highest BCUT2D eigenvalue weighted by atomic mass is 16.5. The van der Waals surface area contributed by atoms with E-state index in [2.05, 4.69) is 33.3 Å². The number of benzene rings is 1. The number of likely N-dealkylation sites (tertiary alicyclic amines) is 1. The zero-order chi connectivity index (χ0) is 14.5. The third kappa shape index (κ3) is 3.45. The van der Waals surface area contributed by atoms with Gasteiger partial charge in [-0.1, -0.05) is 18.6 Å². The molecule has 1 fully saturated rings. The van der Waals surface area contributed by atoms with Crippen LogP contribution in [0.2, 0.25) is 0 Å². The Kier molecular flexibility index (Phi) is 4.55. The fourth-order valence-electron chi connectivity index (χ4n) is 3.17. The molecule has 1 aromatic heterocycles. The standard InChI is InChI=1S/C17H23N3O/c1-21-16-6-4-5-15(11-16)17-7-2-3-9-20(17)10-8-14-12-18-19-13-14/h4-6,11-13,17H,2-3,7-10H2,1H3,(H,18,19). The van der Waals surface area contributed by atoms with Gasteiger partial charge in [0.15, 0.2) is 0 Å². The van der Waals surface area contributed by atoms with Crippen molar-refractivity contribution in [3.63, 3.8) is 0 Å². The molecule has 1 aliphatic heterocycles. The molecule has 1 saturated heterocycles. The van der Waals surface area contributed by atoms with E-state index in [1.165, 1.54) is 36.9 Å². The van der Waals surface area contributed by atoms with Crippen LogP contribution in [0.4, 0.5) is 0 Å². The average Bonchev–Trinajstić information content (AvgIpc) is 3.07. The molecular formula is C17H23N3O. The van der Waals surface area contributed by atoms with Crippen molar-refractivity contribution < 1.29 is 4.74 Å². The Morgan fingerprint density at radius 3 is 3.14 bits per heavy atom. The summed E-state index contributed by atoms with van der Waals surface area (Å²) < 4.78 is 5.37. The molecule has 2 aromatic rings. The van der Waals surface area contributed by atoms with Gasteiger partial charge >= 0.3 is 0 Å². The summed E-state index contributed by atoms with van der Waals surface area (Å²) in [4.78, 5) is 2.60. The van der Waals surface area contributed by atoms with Gasteiger partial charge in [0, 0.05) is 18.8 Å². The molecule has 0 bridgehead atoms. The quantitative estimate of drug-likeness (QED) is 0.917. The first-order chi connectivity index (χ1) is 10.4. The van der Waals surface area contributed by atoms with Gasteiger partial charge in [-0.25, -0.2) is 0 Å². The Labute approximate surface area is 126 Å². The lowest BCUT2D eigenvalue weighted by molar-refractivity contribution is 0.150. The normalized spacial score (nSPS) is 19.6. The van der Waals surface area contributed by atoms with E-state index in [4.69, 9.17) is 4.74 Å². The number of rotatable bonds is 5. The summed E-state index contributed by atoms with van der Waals surface area (Å²) in [5.74, 6) is 0.952. The lowest BCUT2D eigenvalue weighted by atomic mass is 9.94. The summed E-state index contributed by atoms with van der Waals surface area (Å²) in [7, 11) is 1.73. The number of piperidine rings is 1. The number of hydrogen-bond acceptors (Lipinski definition) is 3. The van der Waals surface area contributed by atoms with E-state index in [0.29, 0.717) is 6.04 Å². The highest BCUT2D eigenvalue weighted by Gasteiger charge is 2.23.